The van der Waals surface area contributed by atoms with Gasteiger partial charge in [0.25, 0.3) is 11.8 Å². The molecule has 0 spiro atoms. The molecule has 0 bridgehead atoms. The number of carbonyl (C=O) groups excluding carboxylic acids is 2. The maximum Gasteiger partial charge on any atom is 0.387 e. The van der Waals surface area contributed by atoms with Gasteiger partial charge in [0, 0.05) is 36.4 Å². The van der Waals surface area contributed by atoms with Gasteiger partial charge >= 0.3 is 6.61 Å². The van der Waals surface area contributed by atoms with Gasteiger partial charge in [0.1, 0.15) is 0 Å². The summed E-state index contributed by atoms with van der Waals surface area (Å²) in [4.78, 5) is 27.8. The monoisotopic (exact) mass is 509 g/mol. The van der Waals surface area contributed by atoms with Gasteiger partial charge in [-0.05, 0) is 79.5 Å². The predicted octanol–water partition coefficient (Wildman–Crippen LogP) is 4.86. The van der Waals surface area contributed by atoms with Crippen molar-refractivity contribution in [3.05, 3.63) is 88.5 Å². The SMILES string of the molecule is CCOc1cc(C(=O)NCc2cccc(C(=O)Nc3ccc4c(c3)CN(C)CC4)c2)ccc1OC(F)F. The summed E-state index contributed by atoms with van der Waals surface area (Å²) in [6.45, 7) is 0.965. The number of amides is 2. The number of alkyl halides is 2. The molecule has 4 rings (SSSR count). The van der Waals surface area contributed by atoms with Crippen molar-refractivity contribution in [2.24, 2.45) is 0 Å². The van der Waals surface area contributed by atoms with E-state index in [-0.39, 0.29) is 36.1 Å². The average Bonchev–Trinajstić information content (AvgIpc) is 2.88. The number of nitrogens with zero attached hydrogens (tertiary/aromatic N) is 1. The lowest BCUT2D eigenvalue weighted by Crippen LogP contribution is -2.26. The minimum Gasteiger partial charge on any atom is -0.490 e. The van der Waals surface area contributed by atoms with Gasteiger partial charge in [-0.25, -0.2) is 0 Å². The minimum absolute atomic E-state index is 0.0583. The van der Waals surface area contributed by atoms with Gasteiger partial charge in [-0.2, -0.15) is 8.78 Å². The van der Waals surface area contributed by atoms with Gasteiger partial charge in [0.2, 0.25) is 0 Å². The van der Waals surface area contributed by atoms with E-state index in [1.807, 2.05) is 12.1 Å². The van der Waals surface area contributed by atoms with Gasteiger partial charge in [0.05, 0.1) is 6.61 Å². The number of halogens is 2. The number of benzene rings is 3. The Morgan fingerprint density at radius 1 is 0.973 bits per heavy atom. The molecule has 7 nitrogen and oxygen atoms in total. The molecule has 9 heteroatoms. The van der Waals surface area contributed by atoms with Gasteiger partial charge in [-0.3, -0.25) is 9.59 Å². The molecule has 1 heterocycles. The summed E-state index contributed by atoms with van der Waals surface area (Å²) in [7, 11) is 2.08. The predicted molar refractivity (Wildman–Crippen MR) is 136 cm³/mol. The van der Waals surface area contributed by atoms with Crippen LogP contribution in [0.25, 0.3) is 0 Å². The molecular formula is C28H29F2N3O4. The summed E-state index contributed by atoms with van der Waals surface area (Å²) in [5.74, 6) is -0.743. The zero-order valence-electron chi connectivity index (χ0n) is 20.7. The van der Waals surface area contributed by atoms with E-state index in [1.54, 1.807) is 31.2 Å². The zero-order chi connectivity index (χ0) is 26.4. The molecule has 0 unspecified atom stereocenters. The van der Waals surface area contributed by atoms with Crippen LogP contribution >= 0.6 is 0 Å². The van der Waals surface area contributed by atoms with Gasteiger partial charge in [-0.1, -0.05) is 18.2 Å². The van der Waals surface area contributed by atoms with Crippen molar-refractivity contribution in [1.29, 1.82) is 0 Å². The highest BCUT2D eigenvalue weighted by molar-refractivity contribution is 6.04. The molecule has 0 fully saturated rings. The average molecular weight is 510 g/mol. The largest absolute Gasteiger partial charge is 0.490 e. The lowest BCUT2D eigenvalue weighted by molar-refractivity contribution is -0.0514. The van der Waals surface area contributed by atoms with Crippen molar-refractivity contribution in [3.8, 4) is 11.5 Å². The molecule has 0 saturated heterocycles. The second-order valence-corrected chi connectivity index (χ2v) is 8.78. The number of ether oxygens (including phenoxy) is 2. The smallest absolute Gasteiger partial charge is 0.387 e. The van der Waals surface area contributed by atoms with Crippen molar-refractivity contribution in [2.75, 3.05) is 25.5 Å². The molecule has 0 radical (unpaired) electrons. The van der Waals surface area contributed by atoms with E-state index in [2.05, 4.69) is 33.4 Å². The van der Waals surface area contributed by atoms with Crippen molar-refractivity contribution in [3.63, 3.8) is 0 Å². The van der Waals surface area contributed by atoms with Crippen LogP contribution in [-0.4, -0.2) is 43.5 Å². The van der Waals surface area contributed by atoms with Crippen LogP contribution in [0.1, 0.15) is 44.3 Å². The molecule has 0 aromatic heterocycles. The first-order chi connectivity index (χ1) is 17.8. The van der Waals surface area contributed by atoms with E-state index in [4.69, 9.17) is 4.74 Å². The summed E-state index contributed by atoms with van der Waals surface area (Å²) in [6.07, 6.45) is 0.994. The molecule has 1 aliphatic rings. The van der Waals surface area contributed by atoms with E-state index >= 15 is 0 Å². The Morgan fingerprint density at radius 2 is 1.78 bits per heavy atom. The van der Waals surface area contributed by atoms with Crippen LogP contribution in [0.2, 0.25) is 0 Å². The lowest BCUT2D eigenvalue weighted by atomic mass is 9.99. The third kappa shape index (κ3) is 6.83. The number of hydrogen-bond donors (Lipinski definition) is 2. The molecule has 37 heavy (non-hydrogen) atoms. The molecule has 194 valence electrons. The second-order valence-electron chi connectivity index (χ2n) is 8.78. The van der Waals surface area contributed by atoms with Crippen molar-refractivity contribution in [1.82, 2.24) is 10.2 Å². The number of fused-ring (bicyclic) bond motifs is 1. The Morgan fingerprint density at radius 3 is 2.57 bits per heavy atom. The van der Waals surface area contributed by atoms with Crippen LogP contribution in [0, 0.1) is 0 Å². The minimum atomic E-state index is -3.00. The fourth-order valence-electron chi connectivity index (χ4n) is 4.20. The third-order valence-corrected chi connectivity index (χ3v) is 6.03. The Bertz CT molecular complexity index is 1280. The van der Waals surface area contributed by atoms with E-state index in [9.17, 15) is 18.4 Å². The maximum atomic E-state index is 12.9. The molecule has 0 saturated carbocycles. The first-order valence-corrected chi connectivity index (χ1v) is 12.0. The van der Waals surface area contributed by atoms with E-state index in [0.29, 0.717) is 5.56 Å². The highest BCUT2D eigenvalue weighted by Crippen LogP contribution is 2.30. The Kier molecular flexibility index (Phi) is 8.35. The Labute approximate surface area is 214 Å². The molecule has 0 aliphatic carbocycles. The fraction of sp³-hybridized carbons (Fsp3) is 0.286. The summed E-state index contributed by atoms with van der Waals surface area (Å²) in [5, 5.41) is 5.73. The quantitative estimate of drug-likeness (QED) is 0.431. The van der Waals surface area contributed by atoms with Crippen LogP contribution in [0.3, 0.4) is 0 Å². The molecule has 0 atom stereocenters. The maximum absolute atomic E-state index is 12.9. The normalized spacial score (nSPS) is 13.1. The standard InChI is InChI=1S/C28H29F2N3O4/c1-3-36-25-15-21(8-10-24(25)37-28(29)30)26(34)31-16-18-5-4-6-20(13-18)27(35)32-23-9-7-19-11-12-33(2)17-22(19)14-23/h4-10,13-15,28H,3,11-12,16-17H2,1-2H3,(H,31,34)(H,32,35). The van der Waals surface area contributed by atoms with E-state index in [1.165, 1.54) is 29.3 Å². The topological polar surface area (TPSA) is 79.9 Å². The molecule has 3 aromatic carbocycles. The van der Waals surface area contributed by atoms with Crippen LogP contribution < -0.4 is 20.1 Å². The van der Waals surface area contributed by atoms with E-state index < -0.39 is 12.5 Å². The highest BCUT2D eigenvalue weighted by Gasteiger charge is 2.16. The molecule has 1 aliphatic heterocycles. The van der Waals surface area contributed by atoms with Crippen molar-refractivity contribution in [2.45, 2.75) is 33.0 Å². The van der Waals surface area contributed by atoms with Gasteiger partial charge in [-0.15, -0.1) is 0 Å². The number of hydrogen-bond acceptors (Lipinski definition) is 5. The number of nitrogens with one attached hydrogen (secondary N) is 2. The Hall–Kier alpha value is -3.98. The highest BCUT2D eigenvalue weighted by atomic mass is 19.3. The molecule has 2 N–H and O–H groups in total. The Balaban J connectivity index is 1.39. The fourth-order valence-corrected chi connectivity index (χ4v) is 4.20. The second kappa shape index (κ2) is 11.8. The summed E-state index contributed by atoms with van der Waals surface area (Å²) in [6, 6.07) is 17.0. The van der Waals surface area contributed by atoms with Crippen LogP contribution in [0.5, 0.6) is 11.5 Å². The first-order valence-electron chi connectivity index (χ1n) is 12.0. The van der Waals surface area contributed by atoms with E-state index in [0.717, 1.165) is 30.8 Å². The number of carbonyl (C=O) groups is 2. The van der Waals surface area contributed by atoms with Crippen molar-refractivity contribution < 1.29 is 27.8 Å². The number of likely N-dealkylation sites (N-methyl/N-ethyl adjacent to an activating group) is 1. The number of anilines is 1. The summed E-state index contributed by atoms with van der Waals surface area (Å²) < 4.78 is 35.0. The molecular weight excluding hydrogens is 480 g/mol. The summed E-state index contributed by atoms with van der Waals surface area (Å²) in [5.41, 5.74) is 4.69. The van der Waals surface area contributed by atoms with Gasteiger partial charge in [0.15, 0.2) is 11.5 Å². The summed E-state index contributed by atoms with van der Waals surface area (Å²) >= 11 is 0. The van der Waals surface area contributed by atoms with Gasteiger partial charge < -0.3 is 25.0 Å². The van der Waals surface area contributed by atoms with Crippen molar-refractivity contribution >= 4 is 17.5 Å². The van der Waals surface area contributed by atoms with Crippen LogP contribution in [0.4, 0.5) is 14.5 Å². The van der Waals surface area contributed by atoms with Crippen LogP contribution in [-0.2, 0) is 19.5 Å². The first kappa shape index (κ1) is 26.1. The van der Waals surface area contributed by atoms with Crippen LogP contribution in [0.15, 0.2) is 60.7 Å². The lowest BCUT2D eigenvalue weighted by Gasteiger charge is -2.25. The zero-order valence-corrected chi connectivity index (χ0v) is 20.7. The third-order valence-electron chi connectivity index (χ3n) is 6.03. The molecule has 2 amide bonds. The molecule has 3 aromatic rings. The number of rotatable bonds is 9.